The number of nitrogens with one attached hydrogen (secondary N) is 1. The summed E-state index contributed by atoms with van der Waals surface area (Å²) >= 11 is 0. The van der Waals surface area contributed by atoms with E-state index in [1.165, 1.54) is 24.3 Å². The number of hydrogen-bond acceptors (Lipinski definition) is 4. The van der Waals surface area contributed by atoms with Gasteiger partial charge in [0.1, 0.15) is 0 Å². The first-order valence-electron chi connectivity index (χ1n) is 6.83. The Morgan fingerprint density at radius 2 is 2.00 bits per heavy atom. The van der Waals surface area contributed by atoms with Gasteiger partial charge in [0.25, 0.3) is 0 Å². The summed E-state index contributed by atoms with van der Waals surface area (Å²) in [7, 11) is 2.19. The third-order valence-corrected chi connectivity index (χ3v) is 3.45. The lowest BCUT2D eigenvalue weighted by molar-refractivity contribution is 0.147. The van der Waals surface area contributed by atoms with Crippen LogP contribution in [0, 0.1) is 0 Å². The molecule has 2 heterocycles. The molecule has 0 bridgehead atoms. The summed E-state index contributed by atoms with van der Waals surface area (Å²) in [5, 5.41) is 3.31. The van der Waals surface area contributed by atoms with Gasteiger partial charge in [-0.2, -0.15) is 0 Å². The molecular formula is C14H24N4. The molecule has 0 saturated carbocycles. The second-order valence-electron chi connectivity index (χ2n) is 5.02. The maximum atomic E-state index is 4.55. The Morgan fingerprint density at radius 1 is 1.22 bits per heavy atom. The summed E-state index contributed by atoms with van der Waals surface area (Å²) in [6, 6.07) is 4.34. The fourth-order valence-corrected chi connectivity index (χ4v) is 2.16. The Hall–Kier alpha value is -0.970. The van der Waals surface area contributed by atoms with Crippen LogP contribution in [-0.2, 0) is 13.1 Å². The molecule has 1 fully saturated rings. The number of hydrogen-bond donors (Lipinski definition) is 1. The molecule has 0 unspecified atom stereocenters. The lowest BCUT2D eigenvalue weighted by atomic mass is 10.2. The Morgan fingerprint density at radius 3 is 2.61 bits per heavy atom. The van der Waals surface area contributed by atoms with Gasteiger partial charge < -0.3 is 10.2 Å². The molecule has 0 radical (unpaired) electrons. The van der Waals surface area contributed by atoms with Crippen molar-refractivity contribution in [1.29, 1.82) is 0 Å². The van der Waals surface area contributed by atoms with Crippen LogP contribution in [0.2, 0.25) is 0 Å². The van der Waals surface area contributed by atoms with Crippen molar-refractivity contribution in [1.82, 2.24) is 20.1 Å². The first-order chi connectivity index (χ1) is 8.78. The van der Waals surface area contributed by atoms with Gasteiger partial charge in [-0.15, -0.1) is 0 Å². The van der Waals surface area contributed by atoms with Crippen molar-refractivity contribution >= 4 is 0 Å². The highest BCUT2D eigenvalue weighted by molar-refractivity contribution is 5.14. The molecule has 0 amide bonds. The fourth-order valence-electron chi connectivity index (χ4n) is 2.16. The number of rotatable bonds is 5. The van der Waals surface area contributed by atoms with Gasteiger partial charge in [-0.3, -0.25) is 9.88 Å². The zero-order valence-corrected chi connectivity index (χ0v) is 11.5. The Balaban J connectivity index is 1.82. The van der Waals surface area contributed by atoms with Crippen molar-refractivity contribution in [2.24, 2.45) is 0 Å². The average molecular weight is 248 g/mol. The topological polar surface area (TPSA) is 31.4 Å². The third-order valence-electron chi connectivity index (χ3n) is 3.45. The smallest absolute Gasteiger partial charge is 0.0544 e. The molecule has 1 aromatic heterocycles. The molecule has 18 heavy (non-hydrogen) atoms. The molecular weight excluding hydrogens is 224 g/mol. The molecule has 2 rings (SSSR count). The summed E-state index contributed by atoms with van der Waals surface area (Å²) in [6.07, 6.45) is 1.99. The number of aromatic nitrogens is 1. The quantitative estimate of drug-likeness (QED) is 0.840. The van der Waals surface area contributed by atoms with Gasteiger partial charge in [-0.05, 0) is 25.2 Å². The number of likely N-dealkylation sites (N-methyl/N-ethyl adjacent to an activating group) is 1. The molecule has 1 aliphatic heterocycles. The normalized spacial score (nSPS) is 18.1. The van der Waals surface area contributed by atoms with Crippen molar-refractivity contribution in [3.05, 3.63) is 29.6 Å². The van der Waals surface area contributed by atoms with E-state index in [-0.39, 0.29) is 0 Å². The van der Waals surface area contributed by atoms with E-state index in [4.69, 9.17) is 0 Å². The lowest BCUT2D eigenvalue weighted by Crippen LogP contribution is -2.44. The van der Waals surface area contributed by atoms with Gasteiger partial charge in [0, 0.05) is 45.5 Å². The predicted octanol–water partition coefficient (Wildman–Crippen LogP) is 0.939. The standard InChI is InChI=1S/C14H24N4/c1-3-15-10-13-4-5-14(16-11-13)12-18-8-6-17(2)7-9-18/h4-5,11,15H,3,6-10,12H2,1-2H3. The highest BCUT2D eigenvalue weighted by atomic mass is 15.2. The molecule has 0 atom stereocenters. The summed E-state index contributed by atoms with van der Waals surface area (Å²) in [6.45, 7) is 9.65. The van der Waals surface area contributed by atoms with Crippen molar-refractivity contribution in [3.63, 3.8) is 0 Å². The highest BCUT2D eigenvalue weighted by Crippen LogP contribution is 2.06. The molecule has 1 aromatic rings. The van der Waals surface area contributed by atoms with Crippen molar-refractivity contribution < 1.29 is 0 Å². The van der Waals surface area contributed by atoms with Crippen molar-refractivity contribution in [2.75, 3.05) is 39.8 Å². The van der Waals surface area contributed by atoms with Crippen LogP contribution in [0.25, 0.3) is 0 Å². The molecule has 1 saturated heterocycles. The molecule has 0 aliphatic carbocycles. The first-order valence-corrected chi connectivity index (χ1v) is 6.83. The molecule has 100 valence electrons. The van der Waals surface area contributed by atoms with E-state index in [9.17, 15) is 0 Å². The van der Waals surface area contributed by atoms with Crippen LogP contribution in [0.15, 0.2) is 18.3 Å². The van der Waals surface area contributed by atoms with Gasteiger partial charge in [0.05, 0.1) is 5.69 Å². The van der Waals surface area contributed by atoms with Gasteiger partial charge in [0.2, 0.25) is 0 Å². The highest BCUT2D eigenvalue weighted by Gasteiger charge is 2.13. The SMILES string of the molecule is CCNCc1ccc(CN2CCN(C)CC2)nc1. The molecule has 0 aromatic carbocycles. The number of pyridine rings is 1. The number of piperazine rings is 1. The van der Waals surface area contributed by atoms with E-state index in [0.29, 0.717) is 0 Å². The Kier molecular flexibility index (Phi) is 5.11. The van der Waals surface area contributed by atoms with Crippen molar-refractivity contribution in [2.45, 2.75) is 20.0 Å². The Labute approximate surface area is 110 Å². The third kappa shape index (κ3) is 4.05. The van der Waals surface area contributed by atoms with Gasteiger partial charge in [0.15, 0.2) is 0 Å². The minimum Gasteiger partial charge on any atom is -0.313 e. The molecule has 4 heteroatoms. The van der Waals surface area contributed by atoms with E-state index >= 15 is 0 Å². The minimum absolute atomic E-state index is 0.915. The first kappa shape index (κ1) is 13.5. The monoisotopic (exact) mass is 248 g/mol. The minimum atomic E-state index is 0.915. The second kappa shape index (κ2) is 6.83. The van der Waals surface area contributed by atoms with Gasteiger partial charge >= 0.3 is 0 Å². The van der Waals surface area contributed by atoms with Crippen LogP contribution in [0.5, 0.6) is 0 Å². The van der Waals surface area contributed by atoms with E-state index in [0.717, 1.165) is 32.7 Å². The van der Waals surface area contributed by atoms with Gasteiger partial charge in [-0.1, -0.05) is 13.0 Å². The maximum absolute atomic E-state index is 4.55. The zero-order chi connectivity index (χ0) is 12.8. The van der Waals surface area contributed by atoms with Crippen LogP contribution in [0.4, 0.5) is 0 Å². The van der Waals surface area contributed by atoms with Crippen LogP contribution < -0.4 is 5.32 Å². The molecule has 1 N–H and O–H groups in total. The largest absolute Gasteiger partial charge is 0.313 e. The molecule has 1 aliphatic rings. The van der Waals surface area contributed by atoms with Crippen LogP contribution in [0.3, 0.4) is 0 Å². The number of nitrogens with zero attached hydrogens (tertiary/aromatic N) is 3. The maximum Gasteiger partial charge on any atom is 0.0544 e. The fraction of sp³-hybridized carbons (Fsp3) is 0.643. The van der Waals surface area contributed by atoms with Crippen LogP contribution >= 0.6 is 0 Å². The lowest BCUT2D eigenvalue weighted by Gasteiger charge is -2.32. The van der Waals surface area contributed by atoms with Crippen LogP contribution in [0.1, 0.15) is 18.2 Å². The van der Waals surface area contributed by atoms with E-state index < -0.39 is 0 Å². The second-order valence-corrected chi connectivity index (χ2v) is 5.02. The Bertz CT molecular complexity index is 341. The van der Waals surface area contributed by atoms with E-state index in [2.05, 4.69) is 46.2 Å². The van der Waals surface area contributed by atoms with E-state index in [1.807, 2.05) is 6.20 Å². The summed E-state index contributed by atoms with van der Waals surface area (Å²) in [4.78, 5) is 9.41. The van der Waals surface area contributed by atoms with Crippen LogP contribution in [-0.4, -0.2) is 54.6 Å². The summed E-state index contributed by atoms with van der Waals surface area (Å²) in [5.74, 6) is 0. The van der Waals surface area contributed by atoms with Gasteiger partial charge in [-0.25, -0.2) is 0 Å². The summed E-state index contributed by atoms with van der Waals surface area (Å²) < 4.78 is 0. The van der Waals surface area contributed by atoms with E-state index in [1.54, 1.807) is 0 Å². The average Bonchev–Trinajstić information content (AvgIpc) is 2.41. The molecule has 0 spiro atoms. The zero-order valence-electron chi connectivity index (χ0n) is 11.5. The predicted molar refractivity (Wildman–Crippen MR) is 74.4 cm³/mol. The molecule has 4 nitrogen and oxygen atoms in total. The van der Waals surface area contributed by atoms with Crippen molar-refractivity contribution in [3.8, 4) is 0 Å². The summed E-state index contributed by atoms with van der Waals surface area (Å²) in [5.41, 5.74) is 2.44.